The second-order valence-corrected chi connectivity index (χ2v) is 5.81. The van der Waals surface area contributed by atoms with Crippen LogP contribution in [0.2, 0.25) is 0 Å². The molecule has 0 aliphatic carbocycles. The first-order chi connectivity index (χ1) is 11.5. The number of methoxy groups -OCH3 is 1. The topological polar surface area (TPSA) is 132 Å². The summed E-state index contributed by atoms with van der Waals surface area (Å²) < 4.78 is 15.5. The second-order valence-electron chi connectivity index (χ2n) is 4.85. The van der Waals surface area contributed by atoms with Gasteiger partial charge in [0.2, 0.25) is 0 Å². The van der Waals surface area contributed by atoms with Crippen LogP contribution in [0, 0.1) is 20.8 Å². The van der Waals surface area contributed by atoms with Gasteiger partial charge in [0.15, 0.2) is 6.29 Å². The van der Waals surface area contributed by atoms with Gasteiger partial charge in [-0.25, -0.2) is 4.79 Å². The minimum absolute atomic E-state index is 0.137. The van der Waals surface area contributed by atoms with E-state index in [4.69, 9.17) is 19.5 Å². The summed E-state index contributed by atoms with van der Waals surface area (Å²) in [6, 6.07) is 4.96. The zero-order valence-electron chi connectivity index (χ0n) is 12.5. The van der Waals surface area contributed by atoms with Crippen molar-refractivity contribution in [2.24, 2.45) is 0 Å². The number of thioether (sulfide) groups is 1. The molecule has 2 rings (SSSR count). The maximum atomic E-state index is 12.0. The number of carbonyl (C=O) groups excluding carboxylic acids is 1. The summed E-state index contributed by atoms with van der Waals surface area (Å²) in [5.74, 6) is -0.690. The van der Waals surface area contributed by atoms with Crippen LogP contribution in [0.5, 0.6) is 0 Å². The van der Waals surface area contributed by atoms with Crippen LogP contribution in [0.15, 0.2) is 24.3 Å². The number of rotatable bonds is 6. The normalized spacial score (nSPS) is 25.9. The van der Waals surface area contributed by atoms with Gasteiger partial charge in [-0.3, -0.25) is 10.1 Å². The lowest BCUT2D eigenvalue weighted by Gasteiger charge is -2.16. The predicted octanol–water partition coefficient (Wildman–Crippen LogP) is 1.07. The number of nitro groups is 1. The van der Waals surface area contributed by atoms with Crippen LogP contribution in [0.25, 0.3) is 0 Å². The first-order valence-corrected chi connectivity index (χ1v) is 7.68. The molecule has 1 aliphatic rings. The van der Waals surface area contributed by atoms with E-state index in [0.29, 0.717) is 0 Å². The van der Waals surface area contributed by atoms with Gasteiger partial charge < -0.3 is 19.3 Å². The van der Waals surface area contributed by atoms with Crippen molar-refractivity contribution in [1.29, 1.82) is 5.26 Å². The SMILES string of the molecule is CO[C@H]1O[C@@H](COC(=O)c2ccc([N+](=O)[O-])cc2)[C@@H](SC#N)[C@@H]1O. The molecule has 0 saturated carbocycles. The summed E-state index contributed by atoms with van der Waals surface area (Å²) in [6.07, 6.45) is -2.64. The number of hydrogen-bond donors (Lipinski definition) is 1. The minimum Gasteiger partial charge on any atom is -0.459 e. The molecular formula is C14H14N2O7S. The Morgan fingerprint density at radius 2 is 2.17 bits per heavy atom. The standard InChI is InChI=1S/C14H14N2O7S/c1-21-14-11(17)12(24-7-15)10(23-14)6-22-13(18)8-2-4-9(5-3-8)16(19)20/h2-5,10-12,14,17H,6H2,1H3/t10-,11-,12+,14-/m0/s1. The third kappa shape index (κ3) is 4.01. The van der Waals surface area contributed by atoms with Crippen LogP contribution in [0.4, 0.5) is 5.69 Å². The molecule has 24 heavy (non-hydrogen) atoms. The fraction of sp³-hybridized carbons (Fsp3) is 0.429. The number of nitrogens with zero attached hydrogens (tertiary/aromatic N) is 2. The fourth-order valence-electron chi connectivity index (χ4n) is 2.20. The quantitative estimate of drug-likeness (QED) is 0.345. The molecule has 0 aromatic heterocycles. The Morgan fingerprint density at radius 3 is 2.71 bits per heavy atom. The highest BCUT2D eigenvalue weighted by Crippen LogP contribution is 2.31. The van der Waals surface area contributed by atoms with Gasteiger partial charge in [-0.05, 0) is 23.9 Å². The van der Waals surface area contributed by atoms with E-state index in [1.54, 1.807) is 0 Å². The summed E-state index contributed by atoms with van der Waals surface area (Å²) in [5, 5.41) is 30.6. The molecule has 1 fully saturated rings. The van der Waals surface area contributed by atoms with Gasteiger partial charge in [-0.2, -0.15) is 5.26 Å². The first kappa shape index (κ1) is 18.2. The van der Waals surface area contributed by atoms with Gasteiger partial charge in [-0.15, -0.1) is 0 Å². The molecular weight excluding hydrogens is 340 g/mol. The van der Waals surface area contributed by atoms with Crippen molar-refractivity contribution in [3.05, 3.63) is 39.9 Å². The van der Waals surface area contributed by atoms with Crippen molar-refractivity contribution in [3.63, 3.8) is 0 Å². The Labute approximate surface area is 141 Å². The van der Waals surface area contributed by atoms with Gasteiger partial charge in [0.1, 0.15) is 24.2 Å². The first-order valence-electron chi connectivity index (χ1n) is 6.80. The number of thiocyanates is 1. The number of benzene rings is 1. The van der Waals surface area contributed by atoms with E-state index in [9.17, 15) is 20.0 Å². The van der Waals surface area contributed by atoms with Crippen LogP contribution < -0.4 is 0 Å². The Morgan fingerprint density at radius 1 is 1.50 bits per heavy atom. The molecule has 1 aromatic rings. The summed E-state index contributed by atoms with van der Waals surface area (Å²) in [5.41, 5.74) is 0.00847. The fourth-order valence-corrected chi connectivity index (χ4v) is 2.88. The summed E-state index contributed by atoms with van der Waals surface area (Å²) >= 11 is 0.811. The lowest BCUT2D eigenvalue weighted by molar-refractivity contribution is -0.384. The third-order valence-corrected chi connectivity index (χ3v) is 4.36. The van der Waals surface area contributed by atoms with Crippen LogP contribution in [-0.2, 0) is 14.2 Å². The Kier molecular flexibility index (Phi) is 6.10. The number of aliphatic hydroxyl groups excluding tert-OH is 1. The minimum atomic E-state index is -1.03. The number of aliphatic hydroxyl groups is 1. The van der Waals surface area contributed by atoms with Crippen LogP contribution in [0.1, 0.15) is 10.4 Å². The second kappa shape index (κ2) is 8.07. The molecule has 0 unspecified atom stereocenters. The zero-order valence-corrected chi connectivity index (χ0v) is 13.3. The summed E-state index contributed by atoms with van der Waals surface area (Å²) in [6.45, 7) is -0.188. The van der Waals surface area contributed by atoms with E-state index < -0.39 is 34.6 Å². The average molecular weight is 354 g/mol. The van der Waals surface area contributed by atoms with E-state index in [2.05, 4.69) is 0 Å². The third-order valence-electron chi connectivity index (χ3n) is 3.40. The van der Waals surface area contributed by atoms with Crippen molar-refractivity contribution in [3.8, 4) is 5.40 Å². The molecule has 0 radical (unpaired) electrons. The molecule has 1 saturated heterocycles. The molecule has 0 bridgehead atoms. The van der Waals surface area contributed by atoms with Crippen molar-refractivity contribution in [1.82, 2.24) is 0 Å². The molecule has 10 heteroatoms. The van der Waals surface area contributed by atoms with Crippen molar-refractivity contribution in [2.75, 3.05) is 13.7 Å². The highest BCUT2D eigenvalue weighted by atomic mass is 32.2. The van der Waals surface area contributed by atoms with Gasteiger partial charge in [-0.1, -0.05) is 0 Å². The molecule has 0 spiro atoms. The molecule has 1 aromatic carbocycles. The number of non-ortho nitro benzene ring substituents is 1. The van der Waals surface area contributed by atoms with Crippen LogP contribution in [-0.4, -0.2) is 53.5 Å². The van der Waals surface area contributed by atoms with E-state index in [1.807, 2.05) is 5.40 Å². The molecule has 1 aliphatic heterocycles. The smallest absolute Gasteiger partial charge is 0.338 e. The number of nitro benzene ring substituents is 1. The molecule has 9 nitrogen and oxygen atoms in total. The van der Waals surface area contributed by atoms with Gasteiger partial charge in [0.25, 0.3) is 5.69 Å². The molecule has 128 valence electrons. The Bertz CT molecular complexity index is 646. The maximum Gasteiger partial charge on any atom is 0.338 e. The lowest BCUT2D eigenvalue weighted by atomic mass is 10.2. The van der Waals surface area contributed by atoms with Gasteiger partial charge in [0.05, 0.1) is 15.7 Å². The van der Waals surface area contributed by atoms with E-state index >= 15 is 0 Å². The van der Waals surface area contributed by atoms with Crippen molar-refractivity contribution >= 4 is 23.4 Å². The highest BCUT2D eigenvalue weighted by molar-refractivity contribution is 8.04. The maximum absolute atomic E-state index is 12.0. The number of esters is 1. The van der Waals surface area contributed by atoms with E-state index in [-0.39, 0.29) is 17.9 Å². The Balaban J connectivity index is 1.97. The largest absolute Gasteiger partial charge is 0.459 e. The number of ether oxygens (including phenoxy) is 3. The molecule has 1 N–H and O–H groups in total. The highest BCUT2D eigenvalue weighted by Gasteiger charge is 2.45. The van der Waals surface area contributed by atoms with Crippen molar-refractivity contribution in [2.45, 2.75) is 23.7 Å². The van der Waals surface area contributed by atoms with E-state index in [0.717, 1.165) is 11.8 Å². The van der Waals surface area contributed by atoms with Crippen LogP contribution >= 0.6 is 11.8 Å². The number of carbonyl (C=O) groups is 1. The van der Waals surface area contributed by atoms with Gasteiger partial charge in [0, 0.05) is 19.2 Å². The average Bonchev–Trinajstić information content (AvgIpc) is 2.89. The van der Waals surface area contributed by atoms with Crippen LogP contribution in [0.3, 0.4) is 0 Å². The molecule has 0 amide bonds. The zero-order chi connectivity index (χ0) is 17.7. The van der Waals surface area contributed by atoms with Crippen molar-refractivity contribution < 1.29 is 29.0 Å². The Hall–Kier alpha value is -2.19. The molecule has 4 atom stereocenters. The summed E-state index contributed by atoms with van der Waals surface area (Å²) in [7, 11) is 1.35. The van der Waals surface area contributed by atoms with E-state index in [1.165, 1.54) is 31.4 Å². The molecule has 1 heterocycles. The predicted molar refractivity (Wildman–Crippen MR) is 82.0 cm³/mol. The number of hydrogen-bond acceptors (Lipinski definition) is 9. The lowest BCUT2D eigenvalue weighted by Crippen LogP contribution is -2.32. The number of nitriles is 1. The summed E-state index contributed by atoms with van der Waals surface area (Å²) in [4.78, 5) is 22.0. The van der Waals surface area contributed by atoms with Gasteiger partial charge >= 0.3 is 5.97 Å². The monoisotopic (exact) mass is 354 g/mol.